The first kappa shape index (κ1) is 20.7. The lowest BCUT2D eigenvalue weighted by atomic mass is 10.1. The standard InChI is InChI=1S/C23H28O4/c24-22(23(25)27-19-20-13-7-5-8-14-20)17-11-3-1-2-4-12-18-26-21-15-9-6-10-16-21/h5-10,13-16H,1-4,11-12,17-19H2. The molecule has 0 radical (unpaired) electrons. The summed E-state index contributed by atoms with van der Waals surface area (Å²) in [5.74, 6) is -0.241. The van der Waals surface area contributed by atoms with Crippen molar-refractivity contribution in [1.29, 1.82) is 0 Å². The molecular weight excluding hydrogens is 340 g/mol. The molecule has 144 valence electrons. The van der Waals surface area contributed by atoms with Crippen molar-refractivity contribution in [3.05, 3.63) is 66.2 Å². The molecule has 0 fully saturated rings. The van der Waals surface area contributed by atoms with E-state index >= 15 is 0 Å². The summed E-state index contributed by atoms with van der Waals surface area (Å²) in [7, 11) is 0. The van der Waals surface area contributed by atoms with Gasteiger partial charge in [0, 0.05) is 6.42 Å². The molecule has 0 saturated heterocycles. The average molecular weight is 368 g/mol. The Hall–Kier alpha value is -2.62. The minimum atomic E-state index is -0.725. The van der Waals surface area contributed by atoms with Gasteiger partial charge in [-0.15, -0.1) is 0 Å². The van der Waals surface area contributed by atoms with Crippen molar-refractivity contribution in [2.45, 2.75) is 51.6 Å². The molecule has 0 aliphatic carbocycles. The molecular formula is C23H28O4. The molecule has 2 rings (SSSR count). The van der Waals surface area contributed by atoms with Gasteiger partial charge >= 0.3 is 5.97 Å². The molecule has 0 aliphatic rings. The van der Waals surface area contributed by atoms with Crippen molar-refractivity contribution in [3.63, 3.8) is 0 Å². The van der Waals surface area contributed by atoms with E-state index < -0.39 is 11.8 Å². The third-order valence-corrected chi connectivity index (χ3v) is 4.25. The Labute approximate surface area is 161 Å². The van der Waals surface area contributed by atoms with E-state index in [4.69, 9.17) is 9.47 Å². The minimum Gasteiger partial charge on any atom is -0.494 e. The summed E-state index contributed by atoms with van der Waals surface area (Å²) in [6.07, 6.45) is 6.28. The molecule has 0 heterocycles. The fourth-order valence-corrected chi connectivity index (χ4v) is 2.71. The van der Waals surface area contributed by atoms with Crippen LogP contribution in [0.4, 0.5) is 0 Å². The summed E-state index contributed by atoms with van der Waals surface area (Å²) < 4.78 is 10.7. The summed E-state index contributed by atoms with van der Waals surface area (Å²) in [6.45, 7) is 0.881. The summed E-state index contributed by atoms with van der Waals surface area (Å²) in [5, 5.41) is 0. The molecule has 0 atom stereocenters. The van der Waals surface area contributed by atoms with Crippen LogP contribution in [-0.2, 0) is 20.9 Å². The highest BCUT2D eigenvalue weighted by molar-refractivity contribution is 6.33. The number of hydrogen-bond acceptors (Lipinski definition) is 4. The zero-order chi connectivity index (χ0) is 19.2. The number of carbonyl (C=O) groups excluding carboxylic acids is 2. The van der Waals surface area contributed by atoms with Gasteiger partial charge in [-0.25, -0.2) is 4.79 Å². The molecule has 0 bridgehead atoms. The van der Waals surface area contributed by atoms with Crippen LogP contribution in [0.2, 0.25) is 0 Å². The number of ether oxygens (including phenoxy) is 2. The third-order valence-electron chi connectivity index (χ3n) is 4.25. The molecule has 0 spiro atoms. The molecule has 0 saturated carbocycles. The fourth-order valence-electron chi connectivity index (χ4n) is 2.71. The molecule has 4 heteroatoms. The van der Waals surface area contributed by atoms with Crippen molar-refractivity contribution < 1.29 is 19.1 Å². The van der Waals surface area contributed by atoms with Crippen LogP contribution in [0.5, 0.6) is 5.75 Å². The highest BCUT2D eigenvalue weighted by Crippen LogP contribution is 2.11. The molecule has 2 aromatic rings. The van der Waals surface area contributed by atoms with E-state index in [1.807, 2.05) is 60.7 Å². The second-order valence-corrected chi connectivity index (χ2v) is 6.52. The topological polar surface area (TPSA) is 52.6 Å². The predicted molar refractivity (Wildman–Crippen MR) is 106 cm³/mol. The Morgan fingerprint density at radius 2 is 1.30 bits per heavy atom. The number of para-hydroxylation sites is 1. The number of ketones is 1. The summed E-state index contributed by atoms with van der Waals surface area (Å²) in [4.78, 5) is 23.5. The van der Waals surface area contributed by atoms with E-state index in [9.17, 15) is 9.59 Å². The molecule has 4 nitrogen and oxygen atoms in total. The number of unbranched alkanes of at least 4 members (excludes halogenated alkanes) is 5. The van der Waals surface area contributed by atoms with Crippen LogP contribution in [0.1, 0.15) is 50.5 Å². The van der Waals surface area contributed by atoms with Crippen molar-refractivity contribution in [3.8, 4) is 5.75 Å². The normalized spacial score (nSPS) is 10.4. The number of benzene rings is 2. The van der Waals surface area contributed by atoms with Crippen LogP contribution >= 0.6 is 0 Å². The van der Waals surface area contributed by atoms with Crippen LogP contribution in [0.15, 0.2) is 60.7 Å². The van der Waals surface area contributed by atoms with Gasteiger partial charge in [0.05, 0.1) is 6.61 Å². The second-order valence-electron chi connectivity index (χ2n) is 6.52. The summed E-state index contributed by atoms with van der Waals surface area (Å²) in [6, 6.07) is 19.2. The van der Waals surface area contributed by atoms with Crippen molar-refractivity contribution in [1.82, 2.24) is 0 Å². The van der Waals surface area contributed by atoms with E-state index in [0.717, 1.165) is 56.4 Å². The van der Waals surface area contributed by atoms with Crippen LogP contribution < -0.4 is 4.74 Å². The Bertz CT molecular complexity index is 667. The maximum atomic E-state index is 11.8. The van der Waals surface area contributed by atoms with Crippen molar-refractivity contribution in [2.24, 2.45) is 0 Å². The monoisotopic (exact) mass is 368 g/mol. The Kier molecular flexibility index (Phi) is 9.72. The SMILES string of the molecule is O=C(CCCCCCCCOc1ccccc1)C(=O)OCc1ccccc1. The molecule has 2 aromatic carbocycles. The van der Waals surface area contributed by atoms with Gasteiger partial charge in [0.15, 0.2) is 0 Å². The zero-order valence-electron chi connectivity index (χ0n) is 15.8. The molecule has 0 amide bonds. The first-order valence-corrected chi connectivity index (χ1v) is 9.67. The molecule has 0 aliphatic heterocycles. The predicted octanol–water partition coefficient (Wildman–Crippen LogP) is 5.11. The maximum absolute atomic E-state index is 11.8. The molecule has 27 heavy (non-hydrogen) atoms. The van der Waals surface area contributed by atoms with Crippen LogP contribution in [0.3, 0.4) is 0 Å². The lowest BCUT2D eigenvalue weighted by Crippen LogP contribution is -2.17. The average Bonchev–Trinajstić information content (AvgIpc) is 2.72. The Morgan fingerprint density at radius 3 is 2.00 bits per heavy atom. The zero-order valence-corrected chi connectivity index (χ0v) is 15.8. The van der Waals surface area contributed by atoms with Gasteiger partial charge in [0.1, 0.15) is 12.4 Å². The van der Waals surface area contributed by atoms with Gasteiger partial charge < -0.3 is 9.47 Å². The van der Waals surface area contributed by atoms with Gasteiger partial charge in [0.2, 0.25) is 5.78 Å². The number of rotatable bonds is 13. The minimum absolute atomic E-state index is 0.149. The highest BCUT2D eigenvalue weighted by Gasteiger charge is 2.14. The van der Waals surface area contributed by atoms with E-state index in [-0.39, 0.29) is 13.0 Å². The van der Waals surface area contributed by atoms with E-state index in [1.165, 1.54) is 0 Å². The first-order chi connectivity index (χ1) is 13.3. The van der Waals surface area contributed by atoms with Crippen LogP contribution in [-0.4, -0.2) is 18.4 Å². The molecule has 0 N–H and O–H groups in total. The number of carbonyl (C=O) groups is 2. The van der Waals surface area contributed by atoms with E-state index in [2.05, 4.69) is 0 Å². The van der Waals surface area contributed by atoms with Gasteiger partial charge in [-0.1, -0.05) is 74.2 Å². The Morgan fingerprint density at radius 1 is 0.704 bits per heavy atom. The van der Waals surface area contributed by atoms with Gasteiger partial charge in [-0.05, 0) is 30.5 Å². The first-order valence-electron chi connectivity index (χ1n) is 9.67. The van der Waals surface area contributed by atoms with Gasteiger partial charge in [0.25, 0.3) is 0 Å². The van der Waals surface area contributed by atoms with Gasteiger partial charge in [-0.3, -0.25) is 4.79 Å². The lowest BCUT2D eigenvalue weighted by molar-refractivity contribution is -0.154. The second kappa shape index (κ2) is 12.7. The number of esters is 1. The van der Waals surface area contributed by atoms with Gasteiger partial charge in [-0.2, -0.15) is 0 Å². The highest BCUT2D eigenvalue weighted by atomic mass is 16.5. The lowest BCUT2D eigenvalue weighted by Gasteiger charge is -2.06. The maximum Gasteiger partial charge on any atom is 0.374 e. The quantitative estimate of drug-likeness (QED) is 0.280. The summed E-state index contributed by atoms with van der Waals surface area (Å²) >= 11 is 0. The van der Waals surface area contributed by atoms with Crippen LogP contribution in [0.25, 0.3) is 0 Å². The van der Waals surface area contributed by atoms with Crippen molar-refractivity contribution >= 4 is 11.8 Å². The number of hydrogen-bond donors (Lipinski definition) is 0. The number of Topliss-reactive ketones (excluding diaryl/α,β-unsaturated/α-hetero) is 1. The third kappa shape index (κ3) is 9.04. The smallest absolute Gasteiger partial charge is 0.374 e. The molecule has 0 unspecified atom stereocenters. The molecule has 0 aromatic heterocycles. The van der Waals surface area contributed by atoms with E-state index in [1.54, 1.807) is 0 Å². The van der Waals surface area contributed by atoms with Crippen molar-refractivity contribution in [2.75, 3.05) is 6.61 Å². The van der Waals surface area contributed by atoms with E-state index in [0.29, 0.717) is 0 Å². The largest absolute Gasteiger partial charge is 0.494 e. The fraction of sp³-hybridized carbons (Fsp3) is 0.391. The Balaban J connectivity index is 1.43. The summed E-state index contributed by atoms with van der Waals surface area (Å²) in [5.41, 5.74) is 0.884. The van der Waals surface area contributed by atoms with Crippen LogP contribution in [0, 0.1) is 0 Å².